The molecule has 2 rings (SSSR count). The van der Waals surface area contributed by atoms with Crippen molar-refractivity contribution in [2.75, 3.05) is 0 Å². The smallest absolute Gasteiger partial charge is 0.332 e. The summed E-state index contributed by atoms with van der Waals surface area (Å²) >= 11 is 0. The molecule has 114 valence electrons. The summed E-state index contributed by atoms with van der Waals surface area (Å²) in [6.45, 7) is 2.06. The second-order valence-corrected chi connectivity index (χ2v) is 5.29. The third kappa shape index (κ3) is 4.04. The number of ether oxygens (including phenoxy) is 1. The van der Waals surface area contributed by atoms with E-state index in [2.05, 4.69) is 12.2 Å². The Bertz CT molecular complexity index is 488. The van der Waals surface area contributed by atoms with Gasteiger partial charge >= 0.3 is 5.97 Å². The molecule has 1 aromatic carbocycles. The van der Waals surface area contributed by atoms with Crippen LogP contribution in [0, 0.1) is 0 Å². The van der Waals surface area contributed by atoms with Crippen molar-refractivity contribution in [1.82, 2.24) is 5.32 Å². The number of hydrogen-bond acceptors (Lipinski definition) is 3. The minimum Gasteiger partial charge on any atom is -0.479 e. The predicted molar refractivity (Wildman–Crippen MR) is 77.8 cm³/mol. The molecule has 0 spiro atoms. The van der Waals surface area contributed by atoms with Crippen LogP contribution in [0.3, 0.4) is 0 Å². The summed E-state index contributed by atoms with van der Waals surface area (Å²) in [4.78, 5) is 23.1. The van der Waals surface area contributed by atoms with Crippen molar-refractivity contribution in [1.29, 1.82) is 0 Å². The summed E-state index contributed by atoms with van der Waals surface area (Å²) in [5, 5.41) is 11.9. The molecular formula is C16H21NO4. The molecule has 1 saturated heterocycles. The minimum atomic E-state index is -1.00. The largest absolute Gasteiger partial charge is 0.479 e. The van der Waals surface area contributed by atoms with Crippen molar-refractivity contribution in [3.8, 4) is 0 Å². The van der Waals surface area contributed by atoms with Crippen LogP contribution in [0.4, 0.5) is 0 Å². The first kappa shape index (κ1) is 15.5. The van der Waals surface area contributed by atoms with Crippen LogP contribution < -0.4 is 5.32 Å². The van der Waals surface area contributed by atoms with Gasteiger partial charge in [-0.1, -0.05) is 43.7 Å². The van der Waals surface area contributed by atoms with E-state index in [-0.39, 0.29) is 11.9 Å². The molecule has 5 heteroatoms. The van der Waals surface area contributed by atoms with E-state index in [0.717, 1.165) is 18.4 Å². The second-order valence-electron chi connectivity index (χ2n) is 5.29. The first-order valence-corrected chi connectivity index (χ1v) is 7.35. The third-order valence-corrected chi connectivity index (χ3v) is 3.68. The van der Waals surface area contributed by atoms with Crippen LogP contribution in [-0.2, 0) is 14.3 Å². The van der Waals surface area contributed by atoms with Gasteiger partial charge in [0.2, 0.25) is 5.91 Å². The second kappa shape index (κ2) is 7.22. The van der Waals surface area contributed by atoms with Crippen LogP contribution in [-0.4, -0.2) is 29.2 Å². The summed E-state index contributed by atoms with van der Waals surface area (Å²) in [5.41, 5.74) is 1.06. The normalized spacial score (nSPS) is 22.7. The molecular weight excluding hydrogens is 270 g/mol. The van der Waals surface area contributed by atoms with Gasteiger partial charge in [0.25, 0.3) is 0 Å². The van der Waals surface area contributed by atoms with Crippen LogP contribution in [0.15, 0.2) is 30.3 Å². The standard InChI is InChI=1S/C16H21NO4/c1-2-6-12(11-7-4-3-5-8-11)17-15(18)13-9-10-14(21-13)16(19)20/h3-5,7-8,12-14H,2,6,9-10H2,1H3,(H,17,18)(H,19,20)/t12?,13-,14+/m0/s1. The SMILES string of the molecule is CCCC(NC(=O)[C@@H]1CC[C@H](C(=O)O)O1)c1ccccc1. The van der Waals surface area contributed by atoms with Gasteiger partial charge in [0.15, 0.2) is 6.10 Å². The monoisotopic (exact) mass is 291 g/mol. The van der Waals surface area contributed by atoms with E-state index in [9.17, 15) is 9.59 Å². The van der Waals surface area contributed by atoms with Crippen LogP contribution in [0.2, 0.25) is 0 Å². The fraction of sp³-hybridized carbons (Fsp3) is 0.500. The van der Waals surface area contributed by atoms with E-state index < -0.39 is 18.2 Å². The quantitative estimate of drug-likeness (QED) is 0.843. The number of aliphatic carboxylic acids is 1. The minimum absolute atomic E-state index is 0.0591. The number of benzene rings is 1. The number of hydrogen-bond donors (Lipinski definition) is 2. The van der Waals surface area contributed by atoms with Crippen molar-refractivity contribution in [2.45, 2.75) is 50.9 Å². The molecule has 1 fully saturated rings. The average molecular weight is 291 g/mol. The number of carbonyl (C=O) groups is 2. The maximum Gasteiger partial charge on any atom is 0.332 e. The molecule has 0 bridgehead atoms. The summed E-state index contributed by atoms with van der Waals surface area (Å²) in [7, 11) is 0. The summed E-state index contributed by atoms with van der Waals surface area (Å²) < 4.78 is 5.29. The molecule has 5 nitrogen and oxygen atoms in total. The third-order valence-electron chi connectivity index (χ3n) is 3.68. The van der Waals surface area contributed by atoms with Gasteiger partial charge < -0.3 is 15.2 Å². The molecule has 1 heterocycles. The van der Waals surface area contributed by atoms with Crippen molar-refractivity contribution < 1.29 is 19.4 Å². The Morgan fingerprint density at radius 3 is 2.52 bits per heavy atom. The molecule has 1 amide bonds. The molecule has 0 radical (unpaired) electrons. The first-order chi connectivity index (χ1) is 10.1. The lowest BCUT2D eigenvalue weighted by molar-refractivity contribution is -0.151. The van der Waals surface area contributed by atoms with Crippen molar-refractivity contribution in [3.63, 3.8) is 0 Å². The van der Waals surface area contributed by atoms with Crippen LogP contribution >= 0.6 is 0 Å². The fourth-order valence-corrected chi connectivity index (χ4v) is 2.57. The lowest BCUT2D eigenvalue weighted by Crippen LogP contribution is -2.37. The zero-order valence-electron chi connectivity index (χ0n) is 12.1. The van der Waals surface area contributed by atoms with Crippen molar-refractivity contribution in [2.24, 2.45) is 0 Å². The van der Waals surface area contributed by atoms with E-state index in [1.165, 1.54) is 0 Å². The highest BCUT2D eigenvalue weighted by Crippen LogP contribution is 2.23. The highest BCUT2D eigenvalue weighted by atomic mass is 16.5. The number of nitrogens with one attached hydrogen (secondary N) is 1. The predicted octanol–water partition coefficient (Wildman–Crippen LogP) is 2.28. The van der Waals surface area contributed by atoms with Crippen LogP contribution in [0.25, 0.3) is 0 Å². The fourth-order valence-electron chi connectivity index (χ4n) is 2.57. The van der Waals surface area contributed by atoms with Gasteiger partial charge in [-0.2, -0.15) is 0 Å². The number of carboxylic acid groups (broad SMARTS) is 1. The van der Waals surface area contributed by atoms with Gasteiger partial charge in [0, 0.05) is 0 Å². The maximum atomic E-state index is 12.2. The van der Waals surface area contributed by atoms with Gasteiger partial charge in [-0.05, 0) is 24.8 Å². The summed E-state index contributed by atoms with van der Waals surface area (Å²) in [5.74, 6) is -1.22. The molecule has 2 N–H and O–H groups in total. The van der Waals surface area contributed by atoms with Gasteiger partial charge in [0.05, 0.1) is 6.04 Å². The first-order valence-electron chi connectivity index (χ1n) is 7.35. The molecule has 1 unspecified atom stereocenters. The lowest BCUT2D eigenvalue weighted by atomic mass is 10.0. The topological polar surface area (TPSA) is 75.6 Å². The number of carboxylic acids is 1. The number of rotatable bonds is 6. The van der Waals surface area contributed by atoms with Gasteiger partial charge in [-0.25, -0.2) is 4.79 Å². The molecule has 21 heavy (non-hydrogen) atoms. The van der Waals surface area contributed by atoms with E-state index in [0.29, 0.717) is 12.8 Å². The van der Waals surface area contributed by atoms with E-state index in [1.54, 1.807) is 0 Å². The Kier molecular flexibility index (Phi) is 5.33. The number of carbonyl (C=O) groups excluding carboxylic acids is 1. The Morgan fingerprint density at radius 2 is 1.95 bits per heavy atom. The van der Waals surface area contributed by atoms with E-state index in [1.807, 2.05) is 30.3 Å². The highest BCUT2D eigenvalue weighted by Gasteiger charge is 2.35. The molecule has 0 aromatic heterocycles. The lowest BCUT2D eigenvalue weighted by Gasteiger charge is -2.21. The van der Waals surface area contributed by atoms with Crippen molar-refractivity contribution >= 4 is 11.9 Å². The van der Waals surface area contributed by atoms with Crippen LogP contribution in [0.1, 0.15) is 44.2 Å². The van der Waals surface area contributed by atoms with Crippen molar-refractivity contribution in [3.05, 3.63) is 35.9 Å². The number of amides is 1. The van der Waals surface area contributed by atoms with Gasteiger partial charge in [0.1, 0.15) is 6.10 Å². The summed E-state index contributed by atoms with van der Waals surface area (Å²) in [6, 6.07) is 9.72. The Balaban J connectivity index is 1.98. The molecule has 0 aliphatic carbocycles. The molecule has 3 atom stereocenters. The van der Waals surface area contributed by atoms with E-state index >= 15 is 0 Å². The molecule has 1 aromatic rings. The molecule has 1 aliphatic heterocycles. The average Bonchev–Trinajstić information content (AvgIpc) is 2.98. The zero-order valence-corrected chi connectivity index (χ0v) is 12.1. The van der Waals surface area contributed by atoms with E-state index in [4.69, 9.17) is 9.84 Å². The van der Waals surface area contributed by atoms with Gasteiger partial charge in [-0.15, -0.1) is 0 Å². The maximum absolute atomic E-state index is 12.2. The zero-order chi connectivity index (χ0) is 15.2. The Labute approximate surface area is 124 Å². The van der Waals surface area contributed by atoms with Crippen LogP contribution in [0.5, 0.6) is 0 Å². The Hall–Kier alpha value is -1.88. The molecule has 0 saturated carbocycles. The summed E-state index contributed by atoms with van der Waals surface area (Å²) in [6.07, 6.45) is 1.11. The highest BCUT2D eigenvalue weighted by molar-refractivity contribution is 5.83. The van der Waals surface area contributed by atoms with Gasteiger partial charge in [-0.3, -0.25) is 4.79 Å². The Morgan fingerprint density at radius 1 is 1.29 bits per heavy atom. The molecule has 1 aliphatic rings.